The van der Waals surface area contributed by atoms with Gasteiger partial charge in [0.2, 0.25) is 5.62 Å². The van der Waals surface area contributed by atoms with Crippen molar-refractivity contribution in [1.29, 1.82) is 0 Å². The number of aliphatic carboxylic acids is 1. The van der Waals surface area contributed by atoms with Gasteiger partial charge in [0.1, 0.15) is 0 Å². The maximum atomic E-state index is 13.4. The summed E-state index contributed by atoms with van der Waals surface area (Å²) in [4.78, 5) is 49.2. The van der Waals surface area contributed by atoms with Crippen LogP contribution in [0.4, 0.5) is 5.69 Å². The van der Waals surface area contributed by atoms with Crippen molar-refractivity contribution in [2.45, 2.75) is 26.4 Å². The number of H-pyrrole nitrogens is 1. The number of carboxylic acids is 1. The van der Waals surface area contributed by atoms with E-state index in [-0.39, 0.29) is 12.2 Å². The molecule has 2 heterocycles. The number of nitrogens with one attached hydrogen (secondary N) is 1. The summed E-state index contributed by atoms with van der Waals surface area (Å²) >= 11 is 7.43. The average molecular weight is 486 g/mol. The van der Waals surface area contributed by atoms with Gasteiger partial charge in [0.15, 0.2) is 0 Å². The first kappa shape index (κ1) is 22.7. The summed E-state index contributed by atoms with van der Waals surface area (Å²) in [5.74, 6) is -2.06. The molecule has 0 radical (unpaired) electrons. The molecule has 0 spiro atoms. The number of carbonyl (C=O) groups is 1. The molecule has 2 aromatic carbocycles. The van der Waals surface area contributed by atoms with Crippen LogP contribution in [-0.4, -0.2) is 30.2 Å². The number of aromatic amines is 1. The Morgan fingerprint density at radius 2 is 1.94 bits per heavy atom. The summed E-state index contributed by atoms with van der Waals surface area (Å²) in [6.45, 7) is 3.07. The lowest BCUT2D eigenvalue weighted by molar-refractivity contribution is -0.142. The van der Waals surface area contributed by atoms with E-state index in [9.17, 15) is 19.5 Å². The SMILES string of the molecule is C[C@@H](C(=O)O)[C@H](C)n1c(=O)[nH]/c(=N\c2ccc3ncsc3c2)n(Cc2ccc(Cl)cc2)c1=O. The Morgan fingerprint density at radius 1 is 1.21 bits per heavy atom. The Bertz CT molecular complexity index is 1520. The summed E-state index contributed by atoms with van der Waals surface area (Å²) < 4.78 is 3.15. The van der Waals surface area contributed by atoms with Crippen molar-refractivity contribution in [2.75, 3.05) is 0 Å². The summed E-state index contributed by atoms with van der Waals surface area (Å²) in [7, 11) is 0. The first-order chi connectivity index (χ1) is 15.7. The Balaban J connectivity index is 1.92. The normalized spacial score (nSPS) is 13.8. The lowest BCUT2D eigenvalue weighted by Crippen LogP contribution is -2.52. The zero-order valence-electron chi connectivity index (χ0n) is 17.7. The number of halogens is 1. The standard InChI is InChI=1S/C22H20ClN5O4S/c1-12(19(29)30)13(2)28-21(31)26-20(25-16-7-8-17-18(9-16)33-11-24-17)27(22(28)32)10-14-3-5-15(23)6-4-14/h3-9,11-13H,10H2,1-2H3,(H,29,30)(H,25,26,31)/t12-,13+/m1/s1. The molecule has 33 heavy (non-hydrogen) atoms. The molecule has 0 aliphatic heterocycles. The summed E-state index contributed by atoms with van der Waals surface area (Å²) in [6.07, 6.45) is 0. The molecule has 0 bridgehead atoms. The quantitative estimate of drug-likeness (QED) is 0.434. The second kappa shape index (κ2) is 9.16. The van der Waals surface area contributed by atoms with E-state index >= 15 is 0 Å². The van der Waals surface area contributed by atoms with E-state index in [1.165, 1.54) is 29.8 Å². The highest BCUT2D eigenvalue weighted by Gasteiger charge is 2.25. The van der Waals surface area contributed by atoms with Crippen LogP contribution in [0.3, 0.4) is 0 Å². The van der Waals surface area contributed by atoms with Gasteiger partial charge >= 0.3 is 17.3 Å². The van der Waals surface area contributed by atoms with Crippen molar-refractivity contribution in [3.63, 3.8) is 0 Å². The van der Waals surface area contributed by atoms with Gasteiger partial charge in [-0.15, -0.1) is 11.3 Å². The smallest absolute Gasteiger partial charge is 0.335 e. The molecule has 11 heteroatoms. The van der Waals surface area contributed by atoms with Crippen LogP contribution in [0.25, 0.3) is 10.2 Å². The number of carboxylic acid groups (broad SMARTS) is 1. The molecule has 4 rings (SSSR count). The Labute approximate surface area is 196 Å². The van der Waals surface area contributed by atoms with Gasteiger partial charge < -0.3 is 5.11 Å². The fourth-order valence-electron chi connectivity index (χ4n) is 3.36. The van der Waals surface area contributed by atoms with E-state index in [1.807, 2.05) is 12.1 Å². The van der Waals surface area contributed by atoms with Crippen molar-refractivity contribution < 1.29 is 9.90 Å². The Hall–Kier alpha value is -3.50. The number of benzene rings is 2. The summed E-state index contributed by atoms with van der Waals surface area (Å²) in [5, 5.41) is 9.92. The van der Waals surface area contributed by atoms with Crippen molar-refractivity contribution in [2.24, 2.45) is 10.9 Å². The van der Waals surface area contributed by atoms with Crippen LogP contribution in [0.5, 0.6) is 0 Å². The third kappa shape index (κ3) is 4.67. The molecule has 4 aromatic rings. The molecule has 0 aliphatic rings. The van der Waals surface area contributed by atoms with Crippen LogP contribution < -0.4 is 17.0 Å². The maximum Gasteiger partial charge on any atom is 0.335 e. The van der Waals surface area contributed by atoms with Crippen LogP contribution in [0.1, 0.15) is 25.5 Å². The van der Waals surface area contributed by atoms with E-state index in [2.05, 4.69) is 15.0 Å². The minimum atomic E-state index is -1.11. The molecule has 0 fully saturated rings. The molecule has 0 unspecified atom stereocenters. The number of thiazole rings is 1. The Morgan fingerprint density at radius 3 is 2.64 bits per heavy atom. The number of fused-ring (bicyclic) bond motifs is 1. The largest absolute Gasteiger partial charge is 0.481 e. The van der Waals surface area contributed by atoms with Crippen molar-refractivity contribution in [3.05, 3.63) is 85.1 Å². The van der Waals surface area contributed by atoms with E-state index in [0.717, 1.165) is 20.3 Å². The topological polar surface area (TPSA) is 122 Å². The van der Waals surface area contributed by atoms with Gasteiger partial charge in [-0.2, -0.15) is 0 Å². The predicted octanol–water partition coefficient (Wildman–Crippen LogP) is 3.16. The lowest BCUT2D eigenvalue weighted by atomic mass is 10.0. The molecular weight excluding hydrogens is 466 g/mol. The van der Waals surface area contributed by atoms with Gasteiger partial charge in [-0.25, -0.2) is 24.1 Å². The van der Waals surface area contributed by atoms with E-state index < -0.39 is 29.3 Å². The van der Waals surface area contributed by atoms with Crippen LogP contribution >= 0.6 is 22.9 Å². The van der Waals surface area contributed by atoms with Crippen molar-refractivity contribution in [1.82, 2.24) is 19.1 Å². The van der Waals surface area contributed by atoms with Gasteiger partial charge in [-0.3, -0.25) is 14.3 Å². The van der Waals surface area contributed by atoms with Crippen LogP contribution in [0, 0.1) is 5.92 Å². The van der Waals surface area contributed by atoms with E-state index in [4.69, 9.17) is 11.6 Å². The second-order valence-electron chi connectivity index (χ2n) is 7.60. The number of aromatic nitrogens is 4. The third-order valence-electron chi connectivity index (χ3n) is 5.45. The summed E-state index contributed by atoms with van der Waals surface area (Å²) in [5.41, 5.74) is 2.51. The second-order valence-corrected chi connectivity index (χ2v) is 8.93. The first-order valence-corrected chi connectivity index (χ1v) is 11.3. The van der Waals surface area contributed by atoms with Crippen LogP contribution in [0.15, 0.2) is 62.6 Å². The third-order valence-corrected chi connectivity index (χ3v) is 6.50. The van der Waals surface area contributed by atoms with E-state index in [1.54, 1.807) is 35.8 Å². The van der Waals surface area contributed by atoms with Gasteiger partial charge in [0.25, 0.3) is 0 Å². The molecule has 0 amide bonds. The highest BCUT2D eigenvalue weighted by Crippen LogP contribution is 2.23. The fraction of sp³-hybridized carbons (Fsp3) is 0.227. The van der Waals surface area contributed by atoms with Crippen molar-refractivity contribution in [3.8, 4) is 0 Å². The lowest BCUT2D eigenvalue weighted by Gasteiger charge is -2.19. The first-order valence-electron chi connectivity index (χ1n) is 10.1. The minimum Gasteiger partial charge on any atom is -0.481 e. The number of nitrogens with zero attached hydrogens (tertiary/aromatic N) is 4. The van der Waals surface area contributed by atoms with Gasteiger partial charge in [-0.05, 0) is 49.7 Å². The molecule has 0 saturated heterocycles. The van der Waals surface area contributed by atoms with Gasteiger partial charge in [-0.1, -0.05) is 23.7 Å². The van der Waals surface area contributed by atoms with Crippen LogP contribution in [0.2, 0.25) is 5.02 Å². The maximum absolute atomic E-state index is 13.4. The average Bonchev–Trinajstić information content (AvgIpc) is 3.25. The van der Waals surface area contributed by atoms with Gasteiger partial charge in [0.05, 0.1) is 39.9 Å². The minimum absolute atomic E-state index is 0.0512. The predicted molar refractivity (Wildman–Crippen MR) is 126 cm³/mol. The summed E-state index contributed by atoms with van der Waals surface area (Å²) in [6, 6.07) is 11.4. The Kier molecular flexibility index (Phi) is 6.30. The monoisotopic (exact) mass is 485 g/mol. The fourth-order valence-corrected chi connectivity index (χ4v) is 4.19. The van der Waals surface area contributed by atoms with Crippen LogP contribution in [-0.2, 0) is 11.3 Å². The number of hydrogen-bond acceptors (Lipinski definition) is 6. The molecule has 2 N–H and O–H groups in total. The number of hydrogen-bond donors (Lipinski definition) is 2. The molecule has 2 atom stereocenters. The number of rotatable bonds is 6. The molecule has 0 aliphatic carbocycles. The van der Waals surface area contributed by atoms with E-state index in [0.29, 0.717) is 10.7 Å². The molecule has 170 valence electrons. The molecule has 9 nitrogen and oxygen atoms in total. The zero-order chi connectivity index (χ0) is 23.7. The molecular formula is C22H20ClN5O4S. The highest BCUT2D eigenvalue weighted by atomic mass is 35.5. The highest BCUT2D eigenvalue weighted by molar-refractivity contribution is 7.16. The molecule has 0 saturated carbocycles. The van der Waals surface area contributed by atoms with Crippen molar-refractivity contribution >= 4 is 44.8 Å². The van der Waals surface area contributed by atoms with Gasteiger partial charge in [0, 0.05) is 5.02 Å². The zero-order valence-corrected chi connectivity index (χ0v) is 19.3. The molecule has 2 aromatic heterocycles.